The Hall–Kier alpha value is -0.630. The van der Waals surface area contributed by atoms with E-state index in [0.717, 1.165) is 11.6 Å². The average molecular weight is 169 g/mol. The summed E-state index contributed by atoms with van der Waals surface area (Å²) in [6, 6.07) is 1.94. The Morgan fingerprint density at radius 3 is 2.91 bits per heavy atom. The largest absolute Gasteiger partial charge is 0.227 e. The summed E-state index contributed by atoms with van der Waals surface area (Å²) >= 11 is 5.64. The summed E-state index contributed by atoms with van der Waals surface area (Å²) in [5, 5.41) is 0.363. The zero-order valence-corrected chi connectivity index (χ0v) is 7.04. The number of hydrogen-bond donors (Lipinski definition) is 0. The minimum atomic E-state index is 0.363. The molecule has 0 aliphatic heterocycles. The third-order valence-corrected chi connectivity index (χ3v) is 2.32. The van der Waals surface area contributed by atoms with Crippen molar-refractivity contribution < 1.29 is 0 Å². The zero-order valence-electron chi connectivity index (χ0n) is 6.29. The van der Waals surface area contributed by atoms with Crippen molar-refractivity contribution in [1.29, 1.82) is 0 Å². The first-order chi connectivity index (χ1) is 5.27. The molecule has 3 heteroatoms. The molecular formula is C8H9ClN2. The molecule has 1 saturated carbocycles. The van der Waals surface area contributed by atoms with E-state index in [1.54, 1.807) is 6.20 Å². The van der Waals surface area contributed by atoms with Gasteiger partial charge in [0.15, 0.2) is 0 Å². The van der Waals surface area contributed by atoms with Crippen LogP contribution in [0.3, 0.4) is 0 Å². The lowest BCUT2D eigenvalue weighted by molar-refractivity contribution is 0.877. The van der Waals surface area contributed by atoms with Gasteiger partial charge < -0.3 is 0 Å². The second-order valence-corrected chi connectivity index (χ2v) is 3.41. The highest BCUT2D eigenvalue weighted by atomic mass is 35.5. The maximum atomic E-state index is 5.64. The molecule has 0 spiro atoms. The van der Waals surface area contributed by atoms with Crippen LogP contribution in [0, 0.1) is 5.92 Å². The lowest BCUT2D eigenvalue weighted by Gasteiger charge is -1.95. The molecule has 1 aliphatic rings. The standard InChI is InChI=1S/C8H9ClN2/c1-5-4-6(5)7-2-3-10-8(9)11-7/h2-3,5-6H,4H2,1H3. The van der Waals surface area contributed by atoms with Gasteiger partial charge in [-0.2, -0.15) is 0 Å². The van der Waals surface area contributed by atoms with Gasteiger partial charge in [0, 0.05) is 17.8 Å². The number of aromatic nitrogens is 2. The fourth-order valence-corrected chi connectivity index (χ4v) is 1.44. The smallest absolute Gasteiger partial charge is 0.222 e. The van der Waals surface area contributed by atoms with Gasteiger partial charge in [-0.25, -0.2) is 9.97 Å². The van der Waals surface area contributed by atoms with Crippen LogP contribution in [0.2, 0.25) is 5.28 Å². The third-order valence-electron chi connectivity index (χ3n) is 2.14. The Morgan fingerprint density at radius 1 is 1.64 bits per heavy atom. The third kappa shape index (κ3) is 1.36. The molecule has 0 aromatic carbocycles. The summed E-state index contributed by atoms with van der Waals surface area (Å²) in [5.41, 5.74) is 1.09. The fraction of sp³-hybridized carbons (Fsp3) is 0.500. The van der Waals surface area contributed by atoms with Crippen molar-refractivity contribution in [1.82, 2.24) is 9.97 Å². The van der Waals surface area contributed by atoms with Crippen molar-refractivity contribution in [3.63, 3.8) is 0 Å². The number of hydrogen-bond acceptors (Lipinski definition) is 2. The molecule has 1 aromatic rings. The van der Waals surface area contributed by atoms with Gasteiger partial charge in [-0.3, -0.25) is 0 Å². The van der Waals surface area contributed by atoms with Crippen molar-refractivity contribution in [2.75, 3.05) is 0 Å². The second kappa shape index (κ2) is 2.45. The summed E-state index contributed by atoms with van der Waals surface area (Å²) in [5.74, 6) is 1.41. The minimum absolute atomic E-state index is 0.363. The van der Waals surface area contributed by atoms with Crippen molar-refractivity contribution in [3.05, 3.63) is 23.2 Å². The maximum Gasteiger partial charge on any atom is 0.222 e. The number of rotatable bonds is 1. The van der Waals surface area contributed by atoms with Crippen LogP contribution in [0.25, 0.3) is 0 Å². The maximum absolute atomic E-state index is 5.64. The molecule has 2 atom stereocenters. The number of nitrogens with zero attached hydrogens (tertiary/aromatic N) is 2. The first-order valence-electron chi connectivity index (χ1n) is 3.76. The molecule has 2 rings (SSSR count). The first-order valence-corrected chi connectivity index (χ1v) is 4.13. The van der Waals surface area contributed by atoms with E-state index in [2.05, 4.69) is 16.9 Å². The summed E-state index contributed by atoms with van der Waals surface area (Å²) in [6.45, 7) is 2.22. The van der Waals surface area contributed by atoms with Gasteiger partial charge in [0.1, 0.15) is 0 Å². The molecule has 1 heterocycles. The predicted octanol–water partition coefficient (Wildman–Crippen LogP) is 2.25. The van der Waals surface area contributed by atoms with Crippen LogP contribution in [0.4, 0.5) is 0 Å². The Kier molecular flexibility index (Phi) is 1.57. The lowest BCUT2D eigenvalue weighted by atomic mass is 10.2. The molecule has 0 saturated heterocycles. The molecule has 11 heavy (non-hydrogen) atoms. The van der Waals surface area contributed by atoms with E-state index in [-0.39, 0.29) is 0 Å². The zero-order chi connectivity index (χ0) is 7.84. The molecular weight excluding hydrogens is 160 g/mol. The van der Waals surface area contributed by atoms with Gasteiger partial charge >= 0.3 is 0 Å². The van der Waals surface area contributed by atoms with Gasteiger partial charge in [-0.15, -0.1) is 0 Å². The fourth-order valence-electron chi connectivity index (χ4n) is 1.29. The molecule has 0 bridgehead atoms. The summed E-state index contributed by atoms with van der Waals surface area (Å²) in [6.07, 6.45) is 2.96. The highest BCUT2D eigenvalue weighted by molar-refractivity contribution is 6.28. The van der Waals surface area contributed by atoms with Crippen LogP contribution >= 0.6 is 11.6 Å². The Balaban J connectivity index is 2.25. The highest BCUT2D eigenvalue weighted by Crippen LogP contribution is 2.45. The number of halogens is 1. The van der Waals surface area contributed by atoms with E-state index in [1.165, 1.54) is 6.42 Å². The quantitative estimate of drug-likeness (QED) is 0.602. The monoisotopic (exact) mass is 168 g/mol. The van der Waals surface area contributed by atoms with Crippen molar-refractivity contribution in [3.8, 4) is 0 Å². The predicted molar refractivity (Wildman–Crippen MR) is 43.6 cm³/mol. The van der Waals surface area contributed by atoms with E-state index >= 15 is 0 Å². The SMILES string of the molecule is CC1CC1c1ccnc(Cl)n1. The molecule has 2 nitrogen and oxygen atoms in total. The van der Waals surface area contributed by atoms with Gasteiger partial charge in [0.05, 0.1) is 0 Å². The molecule has 1 aromatic heterocycles. The summed E-state index contributed by atoms with van der Waals surface area (Å²) < 4.78 is 0. The van der Waals surface area contributed by atoms with Gasteiger partial charge in [0.25, 0.3) is 0 Å². The average Bonchev–Trinajstić information content (AvgIpc) is 2.67. The molecule has 2 unspecified atom stereocenters. The lowest BCUT2D eigenvalue weighted by Crippen LogP contribution is -1.89. The second-order valence-electron chi connectivity index (χ2n) is 3.07. The van der Waals surface area contributed by atoms with Crippen LogP contribution in [-0.2, 0) is 0 Å². The minimum Gasteiger partial charge on any atom is -0.227 e. The molecule has 58 valence electrons. The van der Waals surface area contributed by atoms with Crippen LogP contribution in [0.5, 0.6) is 0 Å². The van der Waals surface area contributed by atoms with E-state index in [9.17, 15) is 0 Å². The van der Waals surface area contributed by atoms with Crippen LogP contribution in [0.15, 0.2) is 12.3 Å². The van der Waals surface area contributed by atoms with Crippen LogP contribution in [-0.4, -0.2) is 9.97 Å². The molecule has 0 N–H and O–H groups in total. The van der Waals surface area contributed by atoms with Crippen molar-refractivity contribution in [2.45, 2.75) is 19.3 Å². The van der Waals surface area contributed by atoms with Crippen LogP contribution in [0.1, 0.15) is 25.0 Å². The molecule has 0 amide bonds. The Bertz CT molecular complexity index is 275. The summed E-state index contributed by atoms with van der Waals surface area (Å²) in [7, 11) is 0. The first kappa shape index (κ1) is 7.04. The molecule has 0 radical (unpaired) electrons. The van der Waals surface area contributed by atoms with Crippen molar-refractivity contribution in [2.24, 2.45) is 5.92 Å². The molecule has 1 fully saturated rings. The van der Waals surface area contributed by atoms with E-state index in [0.29, 0.717) is 11.2 Å². The van der Waals surface area contributed by atoms with Gasteiger partial charge in [0.2, 0.25) is 5.28 Å². The van der Waals surface area contributed by atoms with Crippen molar-refractivity contribution >= 4 is 11.6 Å². The molecule has 1 aliphatic carbocycles. The Morgan fingerprint density at radius 2 is 2.36 bits per heavy atom. The normalized spacial score (nSPS) is 28.5. The van der Waals surface area contributed by atoms with Gasteiger partial charge in [-0.05, 0) is 30.0 Å². The van der Waals surface area contributed by atoms with E-state index in [4.69, 9.17) is 11.6 Å². The summed E-state index contributed by atoms with van der Waals surface area (Å²) in [4.78, 5) is 7.97. The Labute approximate surface area is 70.6 Å². The highest BCUT2D eigenvalue weighted by Gasteiger charge is 2.35. The van der Waals surface area contributed by atoms with Gasteiger partial charge in [-0.1, -0.05) is 6.92 Å². The van der Waals surface area contributed by atoms with E-state index in [1.807, 2.05) is 6.07 Å². The van der Waals surface area contributed by atoms with E-state index < -0.39 is 0 Å². The topological polar surface area (TPSA) is 25.8 Å². The van der Waals surface area contributed by atoms with Crippen LogP contribution < -0.4 is 0 Å².